The molecule has 0 fully saturated rings. The van der Waals surface area contributed by atoms with E-state index in [0.29, 0.717) is 12.3 Å². The van der Waals surface area contributed by atoms with Crippen molar-refractivity contribution < 1.29 is 9.13 Å². The first kappa shape index (κ1) is 12.6. The Labute approximate surface area is 96.0 Å². The average molecular weight is 226 g/mol. The molecular weight excluding hydrogens is 207 g/mol. The Hall–Kier alpha value is -1.45. The Kier molecular flexibility index (Phi) is 4.40. The molecule has 0 heterocycles. The predicted octanol–water partition coefficient (Wildman–Crippen LogP) is 2.65. The number of anilines is 2. The lowest BCUT2D eigenvalue weighted by molar-refractivity contribution is 0.301. The van der Waals surface area contributed by atoms with Gasteiger partial charge in [0.25, 0.3) is 0 Å². The van der Waals surface area contributed by atoms with Gasteiger partial charge in [-0.05, 0) is 13.3 Å². The van der Waals surface area contributed by atoms with Crippen LogP contribution < -0.4 is 15.4 Å². The lowest BCUT2D eigenvalue weighted by Crippen LogP contribution is -2.17. The molecule has 90 valence electrons. The van der Waals surface area contributed by atoms with Crippen molar-refractivity contribution in [2.45, 2.75) is 20.3 Å². The first-order valence-corrected chi connectivity index (χ1v) is 5.53. The third kappa shape index (κ3) is 2.78. The minimum Gasteiger partial charge on any atom is -0.490 e. The van der Waals surface area contributed by atoms with Gasteiger partial charge in [-0.25, -0.2) is 4.39 Å². The van der Waals surface area contributed by atoms with E-state index in [-0.39, 0.29) is 5.75 Å². The zero-order valence-corrected chi connectivity index (χ0v) is 10.1. The summed E-state index contributed by atoms with van der Waals surface area (Å²) in [5, 5.41) is 0. The van der Waals surface area contributed by atoms with E-state index in [2.05, 4.69) is 0 Å². The molecule has 0 atom stereocenters. The number of hydrogen-bond donors (Lipinski definition) is 1. The van der Waals surface area contributed by atoms with Crippen molar-refractivity contribution in [3.8, 4) is 5.75 Å². The summed E-state index contributed by atoms with van der Waals surface area (Å²) in [4.78, 5) is 1.95. The molecule has 0 bridgehead atoms. The van der Waals surface area contributed by atoms with E-state index < -0.39 is 5.82 Å². The number of nitrogen functional groups attached to an aromatic ring is 1. The van der Waals surface area contributed by atoms with Gasteiger partial charge in [0, 0.05) is 25.7 Å². The molecular formula is C12H19FN2O. The molecule has 0 aliphatic carbocycles. The highest BCUT2D eigenvalue weighted by Gasteiger charge is 2.11. The minimum absolute atomic E-state index is 0.270. The van der Waals surface area contributed by atoms with Crippen LogP contribution in [0.4, 0.5) is 15.8 Å². The van der Waals surface area contributed by atoms with Gasteiger partial charge in [0.2, 0.25) is 0 Å². The lowest BCUT2D eigenvalue weighted by atomic mass is 10.2. The van der Waals surface area contributed by atoms with Crippen LogP contribution in [-0.4, -0.2) is 20.2 Å². The maximum Gasteiger partial charge on any atom is 0.167 e. The molecule has 0 aromatic heterocycles. The normalized spacial score (nSPS) is 10.2. The molecule has 0 saturated heterocycles. The molecule has 0 radical (unpaired) electrons. The summed E-state index contributed by atoms with van der Waals surface area (Å²) >= 11 is 0. The Balaban J connectivity index is 3.01. The van der Waals surface area contributed by atoms with Crippen LogP contribution in [0.3, 0.4) is 0 Å². The van der Waals surface area contributed by atoms with Crippen molar-refractivity contribution in [3.63, 3.8) is 0 Å². The first-order valence-electron chi connectivity index (χ1n) is 5.53. The van der Waals surface area contributed by atoms with Gasteiger partial charge in [-0.3, -0.25) is 0 Å². The number of nitrogens with two attached hydrogens (primary N) is 1. The maximum atomic E-state index is 13.5. The molecule has 16 heavy (non-hydrogen) atoms. The first-order chi connectivity index (χ1) is 7.60. The number of nitrogens with zero attached hydrogens (tertiary/aromatic N) is 1. The number of rotatable bonds is 5. The van der Waals surface area contributed by atoms with Gasteiger partial charge in [0.15, 0.2) is 11.6 Å². The van der Waals surface area contributed by atoms with Gasteiger partial charge in [-0.2, -0.15) is 0 Å². The highest BCUT2D eigenvalue weighted by molar-refractivity contribution is 5.69. The minimum atomic E-state index is -0.404. The molecule has 1 rings (SSSR count). The van der Waals surface area contributed by atoms with Crippen LogP contribution in [0.25, 0.3) is 0 Å². The summed E-state index contributed by atoms with van der Waals surface area (Å²) in [6.45, 7) is 5.31. The molecule has 1 aromatic rings. The van der Waals surface area contributed by atoms with Crippen LogP contribution in [0.15, 0.2) is 12.1 Å². The monoisotopic (exact) mass is 226 g/mol. The van der Waals surface area contributed by atoms with Crippen molar-refractivity contribution >= 4 is 11.4 Å². The van der Waals surface area contributed by atoms with E-state index in [9.17, 15) is 4.39 Å². The molecule has 3 nitrogen and oxygen atoms in total. The quantitative estimate of drug-likeness (QED) is 0.784. The van der Waals surface area contributed by atoms with Gasteiger partial charge in [-0.1, -0.05) is 6.92 Å². The molecule has 0 spiro atoms. The zero-order chi connectivity index (χ0) is 12.1. The number of hydrogen-bond acceptors (Lipinski definition) is 3. The third-order valence-electron chi connectivity index (χ3n) is 2.43. The summed E-state index contributed by atoms with van der Waals surface area (Å²) in [6, 6.07) is 2.97. The van der Waals surface area contributed by atoms with E-state index >= 15 is 0 Å². The van der Waals surface area contributed by atoms with Crippen LogP contribution in [0.5, 0.6) is 5.75 Å². The standard InChI is InChI=1S/C12H19FN2O/c1-4-6-16-12-8-11(15(3)5-2)10(14)7-9(12)13/h7-8H,4-6,14H2,1-3H3. The molecule has 4 heteroatoms. The molecule has 0 unspecified atom stereocenters. The molecule has 0 aliphatic rings. The molecule has 0 amide bonds. The lowest BCUT2D eigenvalue weighted by Gasteiger charge is -2.20. The van der Waals surface area contributed by atoms with Crippen molar-refractivity contribution in [1.82, 2.24) is 0 Å². The van der Waals surface area contributed by atoms with E-state index in [0.717, 1.165) is 18.7 Å². The van der Waals surface area contributed by atoms with Gasteiger partial charge in [0.05, 0.1) is 18.0 Å². The van der Waals surface area contributed by atoms with E-state index in [4.69, 9.17) is 10.5 Å². The van der Waals surface area contributed by atoms with E-state index in [1.807, 2.05) is 25.8 Å². The van der Waals surface area contributed by atoms with Crippen LogP contribution in [-0.2, 0) is 0 Å². The zero-order valence-electron chi connectivity index (χ0n) is 10.1. The summed E-state index contributed by atoms with van der Waals surface area (Å²) in [5.41, 5.74) is 6.99. The second-order valence-corrected chi connectivity index (χ2v) is 3.70. The average Bonchev–Trinajstić information content (AvgIpc) is 2.27. The maximum absolute atomic E-state index is 13.5. The van der Waals surface area contributed by atoms with Crippen molar-refractivity contribution in [3.05, 3.63) is 17.9 Å². The van der Waals surface area contributed by atoms with Crippen molar-refractivity contribution in [2.75, 3.05) is 30.8 Å². The predicted molar refractivity (Wildman–Crippen MR) is 65.5 cm³/mol. The molecule has 2 N–H and O–H groups in total. The SMILES string of the molecule is CCCOc1cc(N(C)CC)c(N)cc1F. The van der Waals surface area contributed by atoms with Crippen LogP contribution >= 0.6 is 0 Å². The smallest absolute Gasteiger partial charge is 0.167 e. The largest absolute Gasteiger partial charge is 0.490 e. The summed E-state index contributed by atoms with van der Waals surface area (Å²) in [6.07, 6.45) is 0.850. The van der Waals surface area contributed by atoms with Crippen molar-refractivity contribution in [2.24, 2.45) is 0 Å². The fourth-order valence-corrected chi connectivity index (χ4v) is 1.38. The number of benzene rings is 1. The molecule has 1 aromatic carbocycles. The molecule has 0 aliphatic heterocycles. The summed E-state index contributed by atoms with van der Waals surface area (Å²) in [7, 11) is 1.91. The van der Waals surface area contributed by atoms with Gasteiger partial charge >= 0.3 is 0 Å². The summed E-state index contributed by atoms with van der Waals surface area (Å²) in [5.74, 6) is -0.134. The second kappa shape index (κ2) is 5.58. The van der Waals surface area contributed by atoms with Crippen LogP contribution in [0.1, 0.15) is 20.3 Å². The summed E-state index contributed by atoms with van der Waals surface area (Å²) < 4.78 is 18.8. The second-order valence-electron chi connectivity index (χ2n) is 3.70. The Morgan fingerprint density at radius 2 is 2.06 bits per heavy atom. The van der Waals surface area contributed by atoms with Gasteiger partial charge < -0.3 is 15.4 Å². The van der Waals surface area contributed by atoms with Gasteiger partial charge in [0.1, 0.15) is 0 Å². The Bertz CT molecular complexity index is 355. The number of halogens is 1. The Morgan fingerprint density at radius 1 is 1.38 bits per heavy atom. The third-order valence-corrected chi connectivity index (χ3v) is 2.43. The van der Waals surface area contributed by atoms with Crippen LogP contribution in [0.2, 0.25) is 0 Å². The topological polar surface area (TPSA) is 38.5 Å². The van der Waals surface area contributed by atoms with Gasteiger partial charge in [-0.15, -0.1) is 0 Å². The fraction of sp³-hybridized carbons (Fsp3) is 0.500. The van der Waals surface area contributed by atoms with Crippen molar-refractivity contribution in [1.29, 1.82) is 0 Å². The van der Waals surface area contributed by atoms with Crippen LogP contribution in [0, 0.1) is 5.82 Å². The molecule has 0 saturated carbocycles. The fourth-order valence-electron chi connectivity index (χ4n) is 1.38. The Morgan fingerprint density at radius 3 is 2.62 bits per heavy atom. The number of ether oxygens (including phenoxy) is 1. The van der Waals surface area contributed by atoms with E-state index in [1.54, 1.807) is 6.07 Å². The highest BCUT2D eigenvalue weighted by atomic mass is 19.1. The van der Waals surface area contributed by atoms with E-state index in [1.165, 1.54) is 6.07 Å². The highest BCUT2D eigenvalue weighted by Crippen LogP contribution is 2.30.